The summed E-state index contributed by atoms with van der Waals surface area (Å²) in [6.07, 6.45) is 10.5. The van der Waals surface area contributed by atoms with Gasteiger partial charge < -0.3 is 0 Å². The van der Waals surface area contributed by atoms with Gasteiger partial charge in [0.05, 0.1) is 17.9 Å². The summed E-state index contributed by atoms with van der Waals surface area (Å²) in [5.41, 5.74) is 4.82. The molecule has 0 radical (unpaired) electrons. The molecule has 2 heteroatoms. The zero-order valence-electron chi connectivity index (χ0n) is 16.0. The summed E-state index contributed by atoms with van der Waals surface area (Å²) in [5, 5.41) is 12.2. The third-order valence-corrected chi connectivity index (χ3v) is 6.35. The highest BCUT2D eigenvalue weighted by molar-refractivity contribution is 6.08. The van der Waals surface area contributed by atoms with E-state index < -0.39 is 0 Å². The van der Waals surface area contributed by atoms with Gasteiger partial charge in [0.1, 0.15) is 7.05 Å². The number of aryl methyl sites for hydroxylation is 1. The maximum Gasteiger partial charge on any atom is 0.210 e. The van der Waals surface area contributed by atoms with Crippen LogP contribution in [0.3, 0.4) is 0 Å². The Bertz CT molecular complexity index is 968. The van der Waals surface area contributed by atoms with Crippen LogP contribution in [0.1, 0.15) is 50.2 Å². The summed E-state index contributed by atoms with van der Waals surface area (Å²) in [6.45, 7) is 4.38. The van der Waals surface area contributed by atoms with Gasteiger partial charge in [-0.3, -0.25) is 0 Å². The smallest absolute Gasteiger partial charge is 0.198 e. The average molecular weight is 343 g/mol. The van der Waals surface area contributed by atoms with Crippen molar-refractivity contribution in [3.8, 4) is 6.07 Å². The first-order valence-electron chi connectivity index (χ1n) is 9.75. The van der Waals surface area contributed by atoms with Crippen molar-refractivity contribution < 1.29 is 4.58 Å². The van der Waals surface area contributed by atoms with Gasteiger partial charge in [0, 0.05) is 17.7 Å². The van der Waals surface area contributed by atoms with E-state index in [2.05, 4.69) is 74.0 Å². The van der Waals surface area contributed by atoms with E-state index in [4.69, 9.17) is 0 Å². The molecule has 2 aliphatic rings. The van der Waals surface area contributed by atoms with Crippen LogP contribution >= 0.6 is 0 Å². The zero-order valence-corrected chi connectivity index (χ0v) is 16.0. The largest absolute Gasteiger partial charge is 0.210 e. The van der Waals surface area contributed by atoms with Crippen LogP contribution in [0.25, 0.3) is 10.8 Å². The van der Waals surface area contributed by atoms with Crippen molar-refractivity contribution in [1.82, 2.24) is 0 Å². The highest BCUT2D eigenvalue weighted by Gasteiger charge is 2.47. The third-order valence-electron chi connectivity index (χ3n) is 6.35. The summed E-state index contributed by atoms with van der Waals surface area (Å²) >= 11 is 0. The highest BCUT2D eigenvalue weighted by Crippen LogP contribution is 2.46. The van der Waals surface area contributed by atoms with Gasteiger partial charge >= 0.3 is 0 Å². The maximum atomic E-state index is 9.61. The van der Waals surface area contributed by atoms with Crippen molar-refractivity contribution in [3.05, 3.63) is 53.6 Å². The van der Waals surface area contributed by atoms with Gasteiger partial charge in [-0.2, -0.15) is 9.84 Å². The van der Waals surface area contributed by atoms with Gasteiger partial charge in [0.25, 0.3) is 0 Å². The Balaban J connectivity index is 1.88. The monoisotopic (exact) mass is 343 g/mol. The first kappa shape index (κ1) is 17.0. The molecule has 1 heterocycles. The molecule has 0 bridgehead atoms. The van der Waals surface area contributed by atoms with Gasteiger partial charge in [-0.1, -0.05) is 42.7 Å². The Hall–Kier alpha value is -2.40. The fraction of sp³-hybridized carbons (Fsp3) is 0.417. The van der Waals surface area contributed by atoms with Crippen LogP contribution in [0.2, 0.25) is 0 Å². The number of benzene rings is 2. The second-order valence-electron chi connectivity index (χ2n) is 8.20. The molecule has 0 aromatic heterocycles. The van der Waals surface area contributed by atoms with Gasteiger partial charge in [-0.25, -0.2) is 0 Å². The first-order valence-corrected chi connectivity index (χ1v) is 9.75. The molecule has 0 saturated heterocycles. The SMILES string of the molecule is Cc1ccc2c3c(ccc2c1)[N+](C)=C(C=CC1CCCC1)C3(C)CC#N. The van der Waals surface area contributed by atoms with E-state index in [1.54, 1.807) is 0 Å². The van der Waals surface area contributed by atoms with Crippen LogP contribution < -0.4 is 0 Å². The normalized spacial score (nSPS) is 23.2. The van der Waals surface area contributed by atoms with E-state index in [0.29, 0.717) is 12.3 Å². The Morgan fingerprint density at radius 1 is 1.23 bits per heavy atom. The molecule has 1 aliphatic carbocycles. The molecule has 26 heavy (non-hydrogen) atoms. The molecule has 2 aromatic rings. The molecule has 4 rings (SSSR count). The Labute approximate surface area is 156 Å². The molecule has 1 fully saturated rings. The topological polar surface area (TPSA) is 26.8 Å². The summed E-state index contributed by atoms with van der Waals surface area (Å²) in [5.74, 6) is 0.699. The van der Waals surface area contributed by atoms with Crippen LogP contribution in [0.15, 0.2) is 42.5 Å². The summed E-state index contributed by atoms with van der Waals surface area (Å²) in [6, 6.07) is 13.6. The molecule has 2 nitrogen and oxygen atoms in total. The number of allylic oxidation sites excluding steroid dienone is 2. The molecule has 0 spiro atoms. The standard InChI is InChI=1S/C24H27N2/c1-17-8-11-20-19(16-17)10-12-21-23(20)24(2,14-15-25)22(26(21)3)13-9-18-6-4-5-7-18/h8-13,16,18H,4-7,14H2,1-3H3/q+1. The van der Waals surface area contributed by atoms with E-state index in [1.165, 1.54) is 59.0 Å². The minimum atomic E-state index is -0.261. The van der Waals surface area contributed by atoms with Crippen molar-refractivity contribution in [3.63, 3.8) is 0 Å². The van der Waals surface area contributed by atoms with Gasteiger partial charge in [-0.05, 0) is 49.4 Å². The molecular formula is C24H27N2+. The molecule has 1 atom stereocenters. The van der Waals surface area contributed by atoms with E-state index in [9.17, 15) is 5.26 Å². The summed E-state index contributed by atoms with van der Waals surface area (Å²) < 4.78 is 2.30. The molecule has 1 saturated carbocycles. The number of hydrogen-bond donors (Lipinski definition) is 0. The molecule has 132 valence electrons. The van der Waals surface area contributed by atoms with Crippen LogP contribution in [0.4, 0.5) is 5.69 Å². The number of nitrogens with zero attached hydrogens (tertiary/aromatic N) is 2. The predicted octanol–water partition coefficient (Wildman–Crippen LogP) is 5.79. The lowest BCUT2D eigenvalue weighted by Gasteiger charge is -2.20. The van der Waals surface area contributed by atoms with Crippen molar-refractivity contribution in [2.24, 2.45) is 5.92 Å². The molecule has 0 amide bonds. The Morgan fingerprint density at radius 2 is 2.00 bits per heavy atom. The second-order valence-corrected chi connectivity index (χ2v) is 8.20. The van der Waals surface area contributed by atoms with E-state index in [1.807, 2.05) is 0 Å². The van der Waals surface area contributed by atoms with Crippen LogP contribution in [0.5, 0.6) is 0 Å². The summed E-state index contributed by atoms with van der Waals surface area (Å²) in [7, 11) is 2.15. The molecule has 1 unspecified atom stereocenters. The second kappa shape index (κ2) is 6.40. The first-order chi connectivity index (χ1) is 12.5. The minimum absolute atomic E-state index is 0.261. The fourth-order valence-electron chi connectivity index (χ4n) is 4.93. The molecular weight excluding hydrogens is 316 g/mol. The fourth-order valence-corrected chi connectivity index (χ4v) is 4.93. The quantitative estimate of drug-likeness (QED) is 0.648. The van der Waals surface area contributed by atoms with Gasteiger partial charge in [-0.15, -0.1) is 0 Å². The number of rotatable bonds is 3. The van der Waals surface area contributed by atoms with Crippen molar-refractivity contribution >= 4 is 22.2 Å². The Morgan fingerprint density at radius 3 is 2.73 bits per heavy atom. The highest BCUT2D eigenvalue weighted by atomic mass is 15.0. The lowest BCUT2D eigenvalue weighted by Crippen LogP contribution is -2.30. The van der Waals surface area contributed by atoms with Crippen molar-refractivity contribution in [2.45, 2.75) is 51.4 Å². The zero-order chi connectivity index (χ0) is 18.3. The van der Waals surface area contributed by atoms with E-state index in [-0.39, 0.29) is 5.41 Å². The van der Waals surface area contributed by atoms with E-state index in [0.717, 1.165) is 0 Å². The van der Waals surface area contributed by atoms with Crippen LogP contribution in [0, 0.1) is 24.2 Å². The lowest BCUT2D eigenvalue weighted by molar-refractivity contribution is -0.401. The Kier molecular flexibility index (Phi) is 4.19. The molecule has 2 aromatic carbocycles. The number of hydrogen-bond acceptors (Lipinski definition) is 1. The minimum Gasteiger partial charge on any atom is -0.198 e. The maximum absolute atomic E-state index is 9.61. The number of fused-ring (bicyclic) bond motifs is 3. The van der Waals surface area contributed by atoms with Gasteiger partial charge in [0.15, 0.2) is 5.71 Å². The van der Waals surface area contributed by atoms with Crippen molar-refractivity contribution in [2.75, 3.05) is 7.05 Å². The predicted molar refractivity (Wildman–Crippen MR) is 108 cm³/mol. The third kappa shape index (κ3) is 2.58. The lowest BCUT2D eigenvalue weighted by atomic mass is 9.75. The van der Waals surface area contributed by atoms with Gasteiger partial charge in [0.2, 0.25) is 5.69 Å². The van der Waals surface area contributed by atoms with Crippen LogP contribution in [-0.4, -0.2) is 17.3 Å². The average Bonchev–Trinajstić information content (AvgIpc) is 3.20. The van der Waals surface area contributed by atoms with Crippen molar-refractivity contribution in [1.29, 1.82) is 5.26 Å². The molecule has 1 aliphatic heterocycles. The number of nitriles is 1. The molecule has 0 N–H and O–H groups in total. The summed E-state index contributed by atoms with van der Waals surface area (Å²) in [4.78, 5) is 0. The van der Waals surface area contributed by atoms with Crippen LogP contribution in [-0.2, 0) is 5.41 Å². The van der Waals surface area contributed by atoms with E-state index >= 15 is 0 Å².